The van der Waals surface area contributed by atoms with E-state index < -0.39 is 7.60 Å². The first kappa shape index (κ1) is 16.1. The van der Waals surface area contributed by atoms with E-state index in [-0.39, 0.29) is 6.16 Å². The van der Waals surface area contributed by atoms with Gasteiger partial charge in [0.2, 0.25) is 0 Å². The van der Waals surface area contributed by atoms with Gasteiger partial charge in [-0.25, -0.2) is 4.57 Å². The summed E-state index contributed by atoms with van der Waals surface area (Å²) >= 11 is 0. The normalized spacial score (nSPS) is 13.8. The molecule has 2 N–H and O–H groups in total. The molecule has 0 amide bonds. The van der Waals surface area contributed by atoms with E-state index >= 15 is 0 Å². The second-order valence-corrected chi connectivity index (χ2v) is 6.52. The molecule has 1 aromatic rings. The highest BCUT2D eigenvalue weighted by Crippen LogP contribution is 2.43. The molecule has 4 nitrogen and oxygen atoms in total. The van der Waals surface area contributed by atoms with Crippen LogP contribution in [0.4, 0.5) is 5.69 Å². The van der Waals surface area contributed by atoms with Gasteiger partial charge in [0.15, 0.2) is 0 Å². The second kappa shape index (κ2) is 8.23. The number of nitrogens with one attached hydrogen (secondary N) is 1. The van der Waals surface area contributed by atoms with Gasteiger partial charge < -0.3 is 14.7 Å². The molecule has 0 spiro atoms. The van der Waals surface area contributed by atoms with Crippen molar-refractivity contribution in [1.29, 1.82) is 0 Å². The first-order valence-corrected chi connectivity index (χ1v) is 8.69. The van der Waals surface area contributed by atoms with Crippen LogP contribution in [-0.2, 0) is 4.57 Å². The quantitative estimate of drug-likeness (QED) is 0.525. The summed E-state index contributed by atoms with van der Waals surface area (Å²) in [5.41, 5.74) is 0.918. The first-order valence-electron chi connectivity index (χ1n) is 6.92. The largest absolute Gasteiger partial charge is 0.424 e. The van der Waals surface area contributed by atoms with Crippen molar-refractivity contribution < 1.29 is 14.0 Å². The maximum atomic E-state index is 11.8. The van der Waals surface area contributed by atoms with E-state index in [1.807, 2.05) is 19.1 Å². The van der Waals surface area contributed by atoms with E-state index in [1.54, 1.807) is 12.1 Å². The average Bonchev–Trinajstić information content (AvgIpc) is 2.37. The van der Waals surface area contributed by atoms with Crippen LogP contribution < -0.4 is 9.84 Å². The van der Waals surface area contributed by atoms with Crippen LogP contribution in [0.5, 0.6) is 5.75 Å². The average molecular weight is 285 g/mol. The molecular formula is C14H24NO3P. The number of anilines is 1. The van der Waals surface area contributed by atoms with E-state index in [2.05, 4.69) is 12.2 Å². The minimum Gasteiger partial charge on any atom is -0.424 e. The van der Waals surface area contributed by atoms with Gasteiger partial charge in [0.1, 0.15) is 5.75 Å². The van der Waals surface area contributed by atoms with Crippen LogP contribution in [0, 0.1) is 0 Å². The monoisotopic (exact) mass is 285 g/mol. The van der Waals surface area contributed by atoms with E-state index in [0.29, 0.717) is 12.2 Å². The van der Waals surface area contributed by atoms with Gasteiger partial charge in [-0.1, -0.05) is 32.8 Å². The molecule has 0 fully saturated rings. The van der Waals surface area contributed by atoms with Crippen LogP contribution in [0.25, 0.3) is 0 Å². The van der Waals surface area contributed by atoms with Crippen LogP contribution in [0.2, 0.25) is 0 Å². The molecule has 0 heterocycles. The SMILES string of the molecule is CCCCNc1cccc(OP(=O)(O)CCCC)c1. The Hall–Kier alpha value is -0.990. The standard InChI is InChI=1S/C14H24NO3P/c1-3-5-10-15-13-8-7-9-14(12-13)18-19(16,17)11-6-4-2/h7-9,12,15H,3-6,10-11H2,1-2H3,(H,16,17). The smallest absolute Gasteiger partial charge is 0.376 e. The number of hydrogen-bond donors (Lipinski definition) is 2. The maximum absolute atomic E-state index is 11.8. The molecule has 0 aliphatic carbocycles. The summed E-state index contributed by atoms with van der Waals surface area (Å²) in [5, 5.41) is 3.26. The zero-order chi connectivity index (χ0) is 14.1. The molecule has 108 valence electrons. The van der Waals surface area contributed by atoms with Gasteiger partial charge in [-0.05, 0) is 25.0 Å². The molecule has 1 rings (SSSR count). The van der Waals surface area contributed by atoms with Crippen LogP contribution in [0.3, 0.4) is 0 Å². The lowest BCUT2D eigenvalue weighted by atomic mass is 10.3. The fourth-order valence-corrected chi connectivity index (χ4v) is 2.89. The molecular weight excluding hydrogens is 261 g/mol. The van der Waals surface area contributed by atoms with Crippen LogP contribution in [0.1, 0.15) is 39.5 Å². The molecule has 0 bridgehead atoms. The van der Waals surface area contributed by atoms with Crippen molar-refractivity contribution in [3.63, 3.8) is 0 Å². The summed E-state index contributed by atoms with van der Waals surface area (Å²) in [4.78, 5) is 9.72. The molecule has 1 aromatic carbocycles. The summed E-state index contributed by atoms with van der Waals surface area (Å²) in [6, 6.07) is 7.23. The van der Waals surface area contributed by atoms with Crippen molar-refractivity contribution in [3.05, 3.63) is 24.3 Å². The van der Waals surface area contributed by atoms with Crippen molar-refractivity contribution in [2.24, 2.45) is 0 Å². The number of unbranched alkanes of at least 4 members (excludes halogenated alkanes) is 2. The highest BCUT2D eigenvalue weighted by atomic mass is 31.2. The Morgan fingerprint density at radius 3 is 2.68 bits per heavy atom. The molecule has 19 heavy (non-hydrogen) atoms. The zero-order valence-corrected chi connectivity index (χ0v) is 12.7. The van der Waals surface area contributed by atoms with E-state index in [4.69, 9.17) is 4.52 Å². The summed E-state index contributed by atoms with van der Waals surface area (Å²) in [6.07, 6.45) is 4.01. The highest BCUT2D eigenvalue weighted by molar-refractivity contribution is 7.53. The zero-order valence-electron chi connectivity index (χ0n) is 11.8. The summed E-state index contributed by atoms with van der Waals surface area (Å²) in [6.45, 7) is 5.02. The fraction of sp³-hybridized carbons (Fsp3) is 0.571. The van der Waals surface area contributed by atoms with Crippen LogP contribution in [-0.4, -0.2) is 17.6 Å². The third-order valence-electron chi connectivity index (χ3n) is 2.74. The molecule has 5 heteroatoms. The van der Waals surface area contributed by atoms with Crippen molar-refractivity contribution in [2.75, 3.05) is 18.0 Å². The topological polar surface area (TPSA) is 58.6 Å². The Kier molecular flexibility index (Phi) is 6.96. The Morgan fingerprint density at radius 2 is 2.00 bits per heavy atom. The Balaban J connectivity index is 2.58. The van der Waals surface area contributed by atoms with Gasteiger partial charge in [-0.15, -0.1) is 0 Å². The predicted octanol–water partition coefficient (Wildman–Crippen LogP) is 4.26. The Morgan fingerprint density at radius 1 is 1.26 bits per heavy atom. The van der Waals surface area contributed by atoms with Gasteiger partial charge >= 0.3 is 7.60 Å². The maximum Gasteiger partial charge on any atom is 0.376 e. The third kappa shape index (κ3) is 6.65. The summed E-state index contributed by atoms with van der Waals surface area (Å²) in [5.74, 6) is 0.448. The molecule has 1 unspecified atom stereocenters. The van der Waals surface area contributed by atoms with E-state index in [0.717, 1.165) is 31.5 Å². The Bertz CT molecular complexity index is 423. The second-order valence-electron chi connectivity index (χ2n) is 4.61. The van der Waals surface area contributed by atoms with Gasteiger partial charge in [0, 0.05) is 18.3 Å². The lowest BCUT2D eigenvalue weighted by Gasteiger charge is -2.14. The van der Waals surface area contributed by atoms with Crippen molar-refractivity contribution in [2.45, 2.75) is 39.5 Å². The molecule has 1 atom stereocenters. The Labute approximate surface area is 115 Å². The van der Waals surface area contributed by atoms with Crippen molar-refractivity contribution >= 4 is 13.3 Å². The number of rotatable bonds is 9. The molecule has 0 saturated heterocycles. The lowest BCUT2D eigenvalue weighted by molar-refractivity contribution is 0.378. The first-order chi connectivity index (χ1) is 9.07. The van der Waals surface area contributed by atoms with Crippen LogP contribution in [0.15, 0.2) is 24.3 Å². The summed E-state index contributed by atoms with van der Waals surface area (Å²) in [7, 11) is -3.51. The molecule has 0 radical (unpaired) electrons. The predicted molar refractivity (Wildman–Crippen MR) is 80.1 cm³/mol. The molecule has 0 aliphatic heterocycles. The number of benzene rings is 1. The van der Waals surface area contributed by atoms with Crippen molar-refractivity contribution in [1.82, 2.24) is 0 Å². The van der Waals surface area contributed by atoms with E-state index in [1.165, 1.54) is 0 Å². The number of hydrogen-bond acceptors (Lipinski definition) is 3. The molecule has 0 saturated carbocycles. The van der Waals surface area contributed by atoms with Crippen molar-refractivity contribution in [3.8, 4) is 5.75 Å². The molecule has 0 aromatic heterocycles. The van der Waals surface area contributed by atoms with E-state index in [9.17, 15) is 9.46 Å². The third-order valence-corrected chi connectivity index (χ3v) is 4.11. The van der Waals surface area contributed by atoms with Gasteiger partial charge in [0.25, 0.3) is 0 Å². The molecule has 0 aliphatic rings. The minimum atomic E-state index is -3.51. The van der Waals surface area contributed by atoms with Gasteiger partial charge in [0.05, 0.1) is 6.16 Å². The summed E-state index contributed by atoms with van der Waals surface area (Å²) < 4.78 is 17.0. The minimum absolute atomic E-state index is 0.205. The van der Waals surface area contributed by atoms with Crippen LogP contribution >= 0.6 is 7.60 Å². The van der Waals surface area contributed by atoms with Gasteiger partial charge in [-0.3, -0.25) is 0 Å². The van der Waals surface area contributed by atoms with Gasteiger partial charge in [-0.2, -0.15) is 0 Å². The lowest BCUT2D eigenvalue weighted by Crippen LogP contribution is -2.01. The highest BCUT2D eigenvalue weighted by Gasteiger charge is 2.19. The fourth-order valence-electron chi connectivity index (χ4n) is 1.64.